The van der Waals surface area contributed by atoms with Gasteiger partial charge in [-0.25, -0.2) is 13.2 Å². The smallest absolute Gasteiger partial charge is 0.324 e. The van der Waals surface area contributed by atoms with Gasteiger partial charge in [0.25, 0.3) is 5.91 Å². The average molecular weight is 406 g/mol. The summed E-state index contributed by atoms with van der Waals surface area (Å²) < 4.78 is 31.1. The first-order valence-corrected chi connectivity index (χ1v) is 9.42. The van der Waals surface area contributed by atoms with Crippen molar-refractivity contribution in [3.05, 3.63) is 29.3 Å². The zero-order valence-electron chi connectivity index (χ0n) is 14.4. The van der Waals surface area contributed by atoms with Crippen LogP contribution in [0.15, 0.2) is 29.2 Å². The second-order valence-corrected chi connectivity index (χ2v) is 7.73. The van der Waals surface area contributed by atoms with Gasteiger partial charge in [-0.15, -0.1) is 0 Å². The van der Waals surface area contributed by atoms with E-state index < -0.39 is 40.6 Å². The Morgan fingerprint density at radius 3 is 2.23 bits per heavy atom. The fourth-order valence-corrected chi connectivity index (χ4v) is 3.00. The van der Waals surface area contributed by atoms with E-state index in [1.165, 1.54) is 31.2 Å². The Balaban J connectivity index is 2.53. The fourth-order valence-electron chi connectivity index (χ4n) is 1.69. The summed E-state index contributed by atoms with van der Waals surface area (Å²) in [6, 6.07) is 3.21. The Kier molecular flexibility index (Phi) is 8.00. The van der Waals surface area contributed by atoms with Crippen LogP contribution in [0.2, 0.25) is 5.02 Å². The van der Waals surface area contributed by atoms with E-state index in [-0.39, 0.29) is 10.9 Å². The Labute approximate surface area is 156 Å². The van der Waals surface area contributed by atoms with Gasteiger partial charge in [-0.2, -0.15) is 4.72 Å². The molecule has 0 radical (unpaired) electrons. The molecule has 11 heteroatoms. The third kappa shape index (κ3) is 7.38. The lowest BCUT2D eigenvalue weighted by Crippen LogP contribution is -2.45. The molecule has 0 aliphatic rings. The van der Waals surface area contributed by atoms with Crippen LogP contribution in [0.4, 0.5) is 4.79 Å². The topological polar surface area (TPSA) is 131 Å². The van der Waals surface area contributed by atoms with Crippen molar-refractivity contribution >= 4 is 39.5 Å². The molecule has 1 unspecified atom stereocenters. The molecule has 0 aliphatic heterocycles. The molecule has 1 aromatic carbocycles. The minimum Gasteiger partial charge on any atom is -0.454 e. The molecule has 0 aliphatic carbocycles. The van der Waals surface area contributed by atoms with Gasteiger partial charge in [0.1, 0.15) is 6.04 Å². The van der Waals surface area contributed by atoms with Gasteiger partial charge in [0.2, 0.25) is 10.0 Å². The molecular weight excluding hydrogens is 386 g/mol. The third-order valence-corrected chi connectivity index (χ3v) is 4.64. The fraction of sp³-hybridized carbons (Fsp3) is 0.400. The first kappa shape index (κ1) is 21.9. The van der Waals surface area contributed by atoms with Gasteiger partial charge < -0.3 is 10.1 Å². The summed E-state index contributed by atoms with van der Waals surface area (Å²) in [6.45, 7) is 3.95. The van der Waals surface area contributed by atoms with Crippen LogP contribution in [0.25, 0.3) is 0 Å². The number of urea groups is 1. The van der Waals surface area contributed by atoms with Crippen molar-refractivity contribution in [2.45, 2.75) is 37.8 Å². The van der Waals surface area contributed by atoms with Gasteiger partial charge in [-0.05, 0) is 45.0 Å². The predicted octanol–water partition coefficient (Wildman–Crippen LogP) is 0.784. The molecule has 1 aromatic rings. The summed E-state index contributed by atoms with van der Waals surface area (Å²) in [5, 5.41) is 4.76. The normalized spacial score (nSPS) is 12.3. The number of esters is 1. The number of nitrogens with one attached hydrogen (secondary N) is 3. The number of hydrogen-bond acceptors (Lipinski definition) is 6. The summed E-state index contributed by atoms with van der Waals surface area (Å²) in [5.41, 5.74) is 0. The number of amides is 3. The van der Waals surface area contributed by atoms with E-state index in [1.54, 1.807) is 13.8 Å². The van der Waals surface area contributed by atoms with E-state index in [2.05, 4.69) is 10.0 Å². The minimum atomic E-state index is -3.97. The molecule has 3 N–H and O–H groups in total. The molecule has 0 aromatic heterocycles. The van der Waals surface area contributed by atoms with Gasteiger partial charge in [0.15, 0.2) is 6.61 Å². The molecule has 3 amide bonds. The van der Waals surface area contributed by atoms with Crippen molar-refractivity contribution < 1.29 is 27.5 Å². The Bertz CT molecular complexity index is 764. The van der Waals surface area contributed by atoms with Crippen LogP contribution >= 0.6 is 11.6 Å². The van der Waals surface area contributed by atoms with Crippen LogP contribution in [0.5, 0.6) is 0 Å². The molecule has 0 saturated carbocycles. The number of sulfonamides is 1. The molecule has 144 valence electrons. The van der Waals surface area contributed by atoms with Crippen LogP contribution in [0, 0.1) is 0 Å². The zero-order chi connectivity index (χ0) is 19.9. The summed E-state index contributed by atoms with van der Waals surface area (Å²) >= 11 is 5.70. The van der Waals surface area contributed by atoms with E-state index >= 15 is 0 Å². The molecule has 1 atom stereocenters. The maximum absolute atomic E-state index is 12.2. The van der Waals surface area contributed by atoms with Crippen LogP contribution in [-0.4, -0.2) is 45.0 Å². The molecule has 0 heterocycles. The first-order valence-electron chi connectivity index (χ1n) is 7.56. The summed E-state index contributed by atoms with van der Waals surface area (Å²) in [4.78, 5) is 34.6. The van der Waals surface area contributed by atoms with Gasteiger partial charge >= 0.3 is 12.0 Å². The van der Waals surface area contributed by atoms with E-state index in [4.69, 9.17) is 16.3 Å². The lowest BCUT2D eigenvalue weighted by molar-refractivity contribution is -0.149. The van der Waals surface area contributed by atoms with Gasteiger partial charge in [0.05, 0.1) is 4.90 Å². The molecule has 0 saturated heterocycles. The SMILES string of the molecule is CC(C)NC(=O)NC(=O)COC(=O)C(C)NS(=O)(=O)c1ccc(Cl)cc1. The van der Waals surface area contributed by atoms with Crippen molar-refractivity contribution in [1.82, 2.24) is 15.4 Å². The van der Waals surface area contributed by atoms with E-state index in [9.17, 15) is 22.8 Å². The highest BCUT2D eigenvalue weighted by molar-refractivity contribution is 7.89. The van der Waals surface area contributed by atoms with Crippen LogP contribution in [0.1, 0.15) is 20.8 Å². The maximum atomic E-state index is 12.2. The Morgan fingerprint density at radius 2 is 1.69 bits per heavy atom. The number of ether oxygens (including phenoxy) is 1. The highest BCUT2D eigenvalue weighted by atomic mass is 35.5. The summed E-state index contributed by atoms with van der Waals surface area (Å²) in [7, 11) is -3.97. The second-order valence-electron chi connectivity index (χ2n) is 5.58. The number of hydrogen-bond donors (Lipinski definition) is 3. The monoisotopic (exact) mass is 405 g/mol. The quantitative estimate of drug-likeness (QED) is 0.574. The predicted molar refractivity (Wildman–Crippen MR) is 94.0 cm³/mol. The third-order valence-electron chi connectivity index (χ3n) is 2.83. The largest absolute Gasteiger partial charge is 0.454 e. The first-order chi connectivity index (χ1) is 12.0. The summed E-state index contributed by atoms with van der Waals surface area (Å²) in [5.74, 6) is -1.81. The van der Waals surface area contributed by atoms with E-state index in [0.717, 1.165) is 0 Å². The van der Waals surface area contributed by atoms with Crippen molar-refractivity contribution in [3.63, 3.8) is 0 Å². The van der Waals surface area contributed by atoms with Crippen molar-refractivity contribution in [2.75, 3.05) is 6.61 Å². The number of benzene rings is 1. The van der Waals surface area contributed by atoms with Crippen LogP contribution in [0.3, 0.4) is 0 Å². The molecule has 1 rings (SSSR count). The number of imide groups is 1. The van der Waals surface area contributed by atoms with Crippen LogP contribution < -0.4 is 15.4 Å². The van der Waals surface area contributed by atoms with E-state index in [1.807, 2.05) is 5.32 Å². The van der Waals surface area contributed by atoms with Gasteiger partial charge in [-0.3, -0.25) is 14.9 Å². The number of rotatable bonds is 7. The molecular formula is C15H20ClN3O6S. The second kappa shape index (κ2) is 9.51. The zero-order valence-corrected chi connectivity index (χ0v) is 16.0. The number of carbonyl (C=O) groups is 3. The molecule has 0 fully saturated rings. The lowest BCUT2D eigenvalue weighted by Gasteiger charge is -2.14. The van der Waals surface area contributed by atoms with Gasteiger partial charge in [0, 0.05) is 11.1 Å². The molecule has 26 heavy (non-hydrogen) atoms. The molecule has 0 spiro atoms. The molecule has 9 nitrogen and oxygen atoms in total. The summed E-state index contributed by atoms with van der Waals surface area (Å²) in [6.07, 6.45) is 0. The highest BCUT2D eigenvalue weighted by Gasteiger charge is 2.24. The van der Waals surface area contributed by atoms with E-state index in [0.29, 0.717) is 5.02 Å². The van der Waals surface area contributed by atoms with Crippen LogP contribution in [-0.2, 0) is 24.3 Å². The standard InChI is InChI=1S/C15H20ClN3O6S/c1-9(2)17-15(22)18-13(20)8-25-14(21)10(3)19-26(23,24)12-6-4-11(16)5-7-12/h4-7,9-10,19H,8H2,1-3H3,(H2,17,18,20,22). The maximum Gasteiger partial charge on any atom is 0.324 e. The van der Waals surface area contributed by atoms with Crippen molar-refractivity contribution in [3.8, 4) is 0 Å². The molecule has 0 bridgehead atoms. The van der Waals surface area contributed by atoms with Gasteiger partial charge in [-0.1, -0.05) is 11.6 Å². The lowest BCUT2D eigenvalue weighted by atomic mass is 10.4. The minimum absolute atomic E-state index is 0.0790. The average Bonchev–Trinajstić information content (AvgIpc) is 2.51. The van der Waals surface area contributed by atoms with Crippen molar-refractivity contribution in [1.29, 1.82) is 0 Å². The highest BCUT2D eigenvalue weighted by Crippen LogP contribution is 2.14. The Morgan fingerprint density at radius 1 is 1.12 bits per heavy atom. The van der Waals surface area contributed by atoms with Crippen molar-refractivity contribution in [2.24, 2.45) is 0 Å². The number of halogens is 1. The number of carbonyl (C=O) groups excluding carboxylic acids is 3. The Hall–Kier alpha value is -2.17.